The number of carbonyl (C=O) groups excluding carboxylic acids is 2. The van der Waals surface area contributed by atoms with Gasteiger partial charge >= 0.3 is 6.36 Å². The number of hydrogen-bond acceptors (Lipinski definition) is 6. The number of amidine groups is 1. The number of oxime groups is 1. The zero-order valence-corrected chi connectivity index (χ0v) is 22.3. The van der Waals surface area contributed by atoms with Crippen molar-refractivity contribution >= 4 is 29.3 Å². The van der Waals surface area contributed by atoms with Gasteiger partial charge in [0.2, 0.25) is 5.91 Å². The maximum atomic E-state index is 12.8. The number of nitrogens with zero attached hydrogens (tertiary/aromatic N) is 2. The molecule has 13 heteroatoms. The van der Waals surface area contributed by atoms with Gasteiger partial charge in [-0.2, -0.15) is 0 Å². The molecule has 2 atom stereocenters. The van der Waals surface area contributed by atoms with Gasteiger partial charge in [0.05, 0.1) is 0 Å². The van der Waals surface area contributed by atoms with E-state index in [0.29, 0.717) is 12.0 Å². The molecule has 2 amide bonds. The van der Waals surface area contributed by atoms with E-state index in [1.165, 1.54) is 6.42 Å². The van der Waals surface area contributed by atoms with E-state index in [1.54, 1.807) is 24.3 Å². The molecule has 1 aliphatic heterocycles. The van der Waals surface area contributed by atoms with Gasteiger partial charge in [-0.3, -0.25) is 9.59 Å². The van der Waals surface area contributed by atoms with Crippen LogP contribution >= 0.6 is 11.6 Å². The molecule has 0 spiro atoms. The Hall–Kier alpha value is -3.51. The number of benzene rings is 2. The highest BCUT2D eigenvalue weighted by molar-refractivity contribution is 6.30. The Kier molecular flexibility index (Phi) is 9.41. The first kappa shape index (κ1) is 29.5. The molecule has 0 bridgehead atoms. The number of likely N-dealkylation sites (tertiary alicyclic amines) is 1. The average molecular weight is 583 g/mol. The van der Waals surface area contributed by atoms with E-state index in [9.17, 15) is 27.9 Å². The minimum atomic E-state index is -4.97. The monoisotopic (exact) mass is 582 g/mol. The van der Waals surface area contributed by atoms with E-state index in [1.807, 2.05) is 0 Å². The molecule has 4 rings (SSSR count). The lowest BCUT2D eigenvalue weighted by molar-refractivity contribution is -0.274. The molecule has 2 aliphatic rings. The van der Waals surface area contributed by atoms with Crippen molar-refractivity contribution in [3.8, 4) is 5.75 Å². The van der Waals surface area contributed by atoms with Crippen LogP contribution in [0.2, 0.25) is 5.02 Å². The zero-order chi connectivity index (χ0) is 28.9. The molecule has 1 saturated carbocycles. The Morgan fingerprint density at radius 1 is 1.12 bits per heavy atom. The van der Waals surface area contributed by atoms with Crippen molar-refractivity contribution in [2.45, 2.75) is 69.7 Å². The molecule has 216 valence electrons. The van der Waals surface area contributed by atoms with Crippen LogP contribution in [0, 0.1) is 0 Å². The molecule has 2 fully saturated rings. The Morgan fingerprint density at radius 3 is 2.45 bits per heavy atom. The predicted octanol–water partition coefficient (Wildman–Crippen LogP) is 4.16. The fraction of sp³-hybridized carbons (Fsp3) is 0.444. The number of amides is 2. The Labute approximate surface area is 234 Å². The molecule has 9 nitrogen and oxygen atoms in total. The molecule has 40 heavy (non-hydrogen) atoms. The Balaban J connectivity index is 1.29. The molecule has 2 unspecified atom stereocenters. The second kappa shape index (κ2) is 12.8. The molecule has 4 N–H and O–H groups in total. The number of aliphatic hydroxyl groups is 1. The highest BCUT2D eigenvalue weighted by Gasteiger charge is 2.40. The summed E-state index contributed by atoms with van der Waals surface area (Å²) in [6, 6.07) is 9.22. The van der Waals surface area contributed by atoms with Gasteiger partial charge in [-0.25, -0.2) is 0 Å². The van der Waals surface area contributed by atoms with Crippen LogP contribution in [0.4, 0.5) is 13.2 Å². The molecule has 2 aromatic rings. The van der Waals surface area contributed by atoms with Gasteiger partial charge in [-0.1, -0.05) is 47.4 Å². The summed E-state index contributed by atoms with van der Waals surface area (Å²) in [5.74, 6) is -1.66. The van der Waals surface area contributed by atoms with Crippen LogP contribution in [0.25, 0.3) is 0 Å². The Bertz CT molecular complexity index is 1240. The first-order valence-corrected chi connectivity index (χ1v) is 13.3. The number of rotatable bonds is 9. The van der Waals surface area contributed by atoms with Crippen LogP contribution in [0.15, 0.2) is 47.6 Å². The number of halogens is 4. The SMILES string of the molecule is N/C(=N/OC1CCCCC1)c1ccc(CNC(=O)C2CCN2C(=O)C(O)c2cc(Cl)cc(OC(F)(F)F)c2)cc1. The summed E-state index contributed by atoms with van der Waals surface area (Å²) >= 11 is 5.84. The van der Waals surface area contributed by atoms with Gasteiger partial charge in [0.15, 0.2) is 11.9 Å². The molecule has 0 aromatic heterocycles. The van der Waals surface area contributed by atoms with Gasteiger partial charge < -0.3 is 30.6 Å². The third kappa shape index (κ3) is 7.79. The van der Waals surface area contributed by atoms with Crippen molar-refractivity contribution in [2.75, 3.05) is 6.54 Å². The highest BCUT2D eigenvalue weighted by Crippen LogP contribution is 2.31. The topological polar surface area (TPSA) is 126 Å². The number of ether oxygens (including phenoxy) is 1. The van der Waals surface area contributed by atoms with Crippen LogP contribution < -0.4 is 15.8 Å². The first-order valence-electron chi connectivity index (χ1n) is 12.9. The number of aliphatic hydroxyl groups excluding tert-OH is 1. The summed E-state index contributed by atoms with van der Waals surface area (Å²) in [5.41, 5.74) is 7.32. The van der Waals surface area contributed by atoms with Crippen LogP contribution in [-0.4, -0.2) is 52.7 Å². The van der Waals surface area contributed by atoms with E-state index in [4.69, 9.17) is 22.2 Å². The maximum absolute atomic E-state index is 12.8. The third-order valence-corrected chi connectivity index (χ3v) is 7.07. The molecule has 2 aromatic carbocycles. The van der Waals surface area contributed by atoms with Crippen LogP contribution in [0.3, 0.4) is 0 Å². The van der Waals surface area contributed by atoms with Gasteiger partial charge in [0.25, 0.3) is 5.91 Å². The zero-order valence-electron chi connectivity index (χ0n) is 21.5. The van der Waals surface area contributed by atoms with Crippen molar-refractivity contribution in [1.82, 2.24) is 10.2 Å². The summed E-state index contributed by atoms with van der Waals surface area (Å²) in [6.45, 7) is 0.388. The summed E-state index contributed by atoms with van der Waals surface area (Å²) < 4.78 is 41.6. The fourth-order valence-electron chi connectivity index (χ4n) is 4.61. The smallest absolute Gasteiger partial charge is 0.406 e. The van der Waals surface area contributed by atoms with Crippen molar-refractivity contribution in [3.05, 3.63) is 64.2 Å². The van der Waals surface area contributed by atoms with Crippen LogP contribution in [-0.2, 0) is 21.0 Å². The number of nitrogens with one attached hydrogen (secondary N) is 1. The van der Waals surface area contributed by atoms with Gasteiger partial charge in [-0.15, -0.1) is 13.2 Å². The molecular weight excluding hydrogens is 553 g/mol. The predicted molar refractivity (Wildman–Crippen MR) is 140 cm³/mol. The summed E-state index contributed by atoms with van der Waals surface area (Å²) in [7, 11) is 0. The van der Waals surface area contributed by atoms with Crippen molar-refractivity contribution in [1.29, 1.82) is 0 Å². The van der Waals surface area contributed by atoms with E-state index in [2.05, 4.69) is 15.2 Å². The summed E-state index contributed by atoms with van der Waals surface area (Å²) in [5, 5.41) is 17.2. The molecular formula is C27H30ClF3N4O5. The fourth-order valence-corrected chi connectivity index (χ4v) is 4.85. The third-order valence-electron chi connectivity index (χ3n) is 6.85. The second-order valence-corrected chi connectivity index (χ2v) is 10.2. The van der Waals surface area contributed by atoms with Crippen LogP contribution in [0.5, 0.6) is 5.75 Å². The van der Waals surface area contributed by atoms with Crippen LogP contribution in [0.1, 0.15) is 61.3 Å². The number of nitrogens with two attached hydrogens (primary N) is 1. The minimum Gasteiger partial charge on any atom is -0.406 e. The lowest BCUT2D eigenvalue weighted by Crippen LogP contribution is -2.59. The number of carbonyl (C=O) groups is 2. The van der Waals surface area contributed by atoms with Gasteiger partial charge in [-0.05, 0) is 61.4 Å². The van der Waals surface area contributed by atoms with E-state index >= 15 is 0 Å². The summed E-state index contributed by atoms with van der Waals surface area (Å²) in [4.78, 5) is 32.3. The van der Waals surface area contributed by atoms with Gasteiger partial charge in [0.1, 0.15) is 17.9 Å². The molecule has 1 saturated heterocycles. The molecule has 0 radical (unpaired) electrons. The molecule has 1 aliphatic carbocycles. The second-order valence-electron chi connectivity index (χ2n) is 9.76. The maximum Gasteiger partial charge on any atom is 0.573 e. The minimum absolute atomic E-state index is 0.0900. The largest absolute Gasteiger partial charge is 0.573 e. The van der Waals surface area contributed by atoms with E-state index < -0.39 is 36.1 Å². The number of alkyl halides is 3. The van der Waals surface area contributed by atoms with E-state index in [-0.39, 0.29) is 35.6 Å². The highest BCUT2D eigenvalue weighted by atomic mass is 35.5. The normalized spacial score (nSPS) is 19.0. The standard InChI is InChI=1S/C27H30ClF3N4O5/c28-19-12-18(13-21(14-19)39-27(29,30)31)23(36)26(38)35-11-10-22(35)25(37)33-15-16-6-8-17(9-7-16)24(32)34-40-20-4-2-1-3-5-20/h6-9,12-14,20,22-23,36H,1-5,10-11,15H2,(H2,32,34)(H,33,37). The average Bonchev–Trinajstić information content (AvgIpc) is 2.89. The summed E-state index contributed by atoms with van der Waals surface area (Å²) in [6.07, 6.45) is -0.945. The first-order chi connectivity index (χ1) is 19.0. The lowest BCUT2D eigenvalue weighted by atomic mass is 9.98. The van der Waals surface area contributed by atoms with Crippen molar-refractivity contribution in [3.63, 3.8) is 0 Å². The van der Waals surface area contributed by atoms with Gasteiger partial charge in [0, 0.05) is 23.7 Å². The van der Waals surface area contributed by atoms with Crippen molar-refractivity contribution in [2.24, 2.45) is 10.9 Å². The van der Waals surface area contributed by atoms with Crippen molar-refractivity contribution < 1.29 is 37.4 Å². The lowest BCUT2D eigenvalue weighted by Gasteiger charge is -2.40. The quantitative estimate of drug-likeness (QED) is 0.232. The van der Waals surface area contributed by atoms with E-state index in [0.717, 1.165) is 54.3 Å². The molecule has 1 heterocycles. The Morgan fingerprint density at radius 2 is 1.82 bits per heavy atom. The number of hydrogen-bond donors (Lipinski definition) is 3.